The van der Waals surface area contributed by atoms with Crippen molar-refractivity contribution in [1.29, 1.82) is 0 Å². The molecule has 0 aliphatic rings. The van der Waals surface area contributed by atoms with E-state index in [9.17, 15) is 8.42 Å². The van der Waals surface area contributed by atoms with Gasteiger partial charge >= 0.3 is 27.0 Å². The standard InChI is InChI=1S/C27H32N2O2S.CH3.ClH.Ru/c1-19(2)23-15-16-24(25(17-23)20(3)4)18-32(30,31)29-27(22-13-9-6-10-14-22)26(28)21-11-7-5-8-12-21;;;/h5-17,19-20,26-28H,18H2,1-4H3;1H3;1H;/q-2;-1;;+4/p-1. The minimum atomic E-state index is -3.82. The fraction of sp³-hybridized carbons (Fsp3) is 0.321. The number of benzene rings is 3. The molecule has 190 valence electrons. The van der Waals surface area contributed by atoms with E-state index in [1.54, 1.807) is 0 Å². The Morgan fingerprint density at radius 2 is 1.31 bits per heavy atom. The number of sulfonamides is 1. The molecule has 0 saturated heterocycles. The van der Waals surface area contributed by atoms with Gasteiger partial charge in [-0.2, -0.15) is 0 Å². The predicted octanol–water partition coefficient (Wildman–Crippen LogP) is 8.81. The molecular formula is C28H35ClN2O2RuS. The molecular weight excluding hydrogens is 565 g/mol. The van der Waals surface area contributed by atoms with Gasteiger partial charge in [-0.05, 0) is 28.5 Å². The number of halogens is 1. The van der Waals surface area contributed by atoms with Gasteiger partial charge in [0.05, 0.1) is 15.8 Å². The quantitative estimate of drug-likeness (QED) is 0.182. The van der Waals surface area contributed by atoms with Gasteiger partial charge in [0, 0.05) is 0 Å². The van der Waals surface area contributed by atoms with Crippen LogP contribution in [0.5, 0.6) is 0 Å². The van der Waals surface area contributed by atoms with E-state index in [0.29, 0.717) is 5.92 Å². The van der Waals surface area contributed by atoms with Crippen molar-refractivity contribution in [2.45, 2.75) is 57.4 Å². The first-order chi connectivity index (χ1) is 16.2. The SMILES string of the molecule is CC(C)c1ccc(CS(=O)(=O)[N-]C(c2ccccc2)C([NH-])c2ccccc2)c(C(C)C)c1.[CH3-].[Cl][Ru+3]. The van der Waals surface area contributed by atoms with Crippen LogP contribution in [0.15, 0.2) is 78.9 Å². The Balaban J connectivity index is 0.00000199. The summed E-state index contributed by atoms with van der Waals surface area (Å²) < 4.78 is 30.8. The maximum atomic E-state index is 13.3. The normalized spacial score (nSPS) is 12.9. The Bertz CT molecular complexity index is 1120. The van der Waals surface area contributed by atoms with Crippen LogP contribution in [0, 0.1) is 7.43 Å². The molecule has 0 heterocycles. The second kappa shape index (κ2) is 14.9. The van der Waals surface area contributed by atoms with Crippen molar-refractivity contribution in [2.24, 2.45) is 0 Å². The van der Waals surface area contributed by atoms with Gasteiger partial charge < -0.3 is 17.9 Å². The van der Waals surface area contributed by atoms with E-state index >= 15 is 0 Å². The summed E-state index contributed by atoms with van der Waals surface area (Å²) in [5, 5.41) is 0. The molecule has 7 heteroatoms. The van der Waals surface area contributed by atoms with Crippen molar-refractivity contribution in [3.8, 4) is 0 Å². The molecule has 3 rings (SSSR count). The Morgan fingerprint density at radius 3 is 1.80 bits per heavy atom. The van der Waals surface area contributed by atoms with Crippen LogP contribution in [0.1, 0.15) is 79.4 Å². The summed E-state index contributed by atoms with van der Waals surface area (Å²) in [6, 6.07) is 23.0. The van der Waals surface area contributed by atoms with E-state index in [1.165, 1.54) is 5.56 Å². The topological polar surface area (TPSA) is 72.0 Å². The molecule has 0 radical (unpaired) electrons. The molecule has 4 nitrogen and oxygen atoms in total. The van der Waals surface area contributed by atoms with Gasteiger partial charge in [0.1, 0.15) is 0 Å². The van der Waals surface area contributed by atoms with Crippen molar-refractivity contribution in [2.75, 3.05) is 0 Å². The molecule has 2 unspecified atom stereocenters. The van der Waals surface area contributed by atoms with Gasteiger partial charge in [-0.1, -0.05) is 118 Å². The molecule has 0 bridgehead atoms. The molecule has 0 spiro atoms. The van der Waals surface area contributed by atoms with Crippen LogP contribution in [0.25, 0.3) is 10.5 Å². The van der Waals surface area contributed by atoms with Crippen LogP contribution >= 0.6 is 9.69 Å². The van der Waals surface area contributed by atoms with Crippen LogP contribution in [0.3, 0.4) is 0 Å². The van der Waals surface area contributed by atoms with Gasteiger partial charge in [0.15, 0.2) is 0 Å². The maximum absolute atomic E-state index is 13.3. The molecule has 0 saturated carbocycles. The summed E-state index contributed by atoms with van der Waals surface area (Å²) in [6.45, 7) is 8.42. The first-order valence-electron chi connectivity index (χ1n) is 11.2. The number of nitrogens with one attached hydrogen (secondary N) is 1. The van der Waals surface area contributed by atoms with Crippen LogP contribution in [-0.2, 0) is 33.1 Å². The predicted molar refractivity (Wildman–Crippen MR) is 146 cm³/mol. The van der Waals surface area contributed by atoms with Crippen LogP contribution in [0.4, 0.5) is 0 Å². The molecule has 3 aromatic carbocycles. The summed E-state index contributed by atoms with van der Waals surface area (Å²) in [6.07, 6.45) is 0. The van der Waals surface area contributed by atoms with Crippen molar-refractivity contribution >= 4 is 19.7 Å². The van der Waals surface area contributed by atoms with Crippen molar-refractivity contribution in [3.05, 3.63) is 125 Å². The van der Waals surface area contributed by atoms with E-state index in [2.05, 4.69) is 48.2 Å². The van der Waals surface area contributed by atoms with Gasteiger partial charge in [-0.25, -0.2) is 8.42 Å². The third kappa shape index (κ3) is 9.11. The van der Waals surface area contributed by atoms with E-state index in [1.807, 2.05) is 90.1 Å². The average Bonchev–Trinajstić information content (AvgIpc) is 2.84. The van der Waals surface area contributed by atoms with Gasteiger partial charge in [-0.15, -0.1) is 12.1 Å². The molecule has 35 heavy (non-hydrogen) atoms. The molecule has 0 aliphatic heterocycles. The second-order valence-electron chi connectivity index (χ2n) is 8.84. The van der Waals surface area contributed by atoms with E-state index < -0.39 is 22.1 Å². The van der Waals surface area contributed by atoms with Crippen LogP contribution in [-0.4, -0.2) is 8.42 Å². The van der Waals surface area contributed by atoms with Crippen LogP contribution < -0.4 is 0 Å². The summed E-state index contributed by atoms with van der Waals surface area (Å²) in [5.74, 6) is 0.418. The molecule has 0 amide bonds. The van der Waals surface area contributed by atoms with Crippen molar-refractivity contribution < 1.29 is 25.7 Å². The molecule has 2 atom stereocenters. The number of rotatable bonds is 9. The Labute approximate surface area is 226 Å². The summed E-state index contributed by atoms with van der Waals surface area (Å²) >= 11 is 1.82. The minimum absolute atomic E-state index is 0. The molecule has 0 aliphatic carbocycles. The zero-order chi connectivity index (χ0) is 25.3. The van der Waals surface area contributed by atoms with Crippen molar-refractivity contribution in [1.82, 2.24) is 0 Å². The zero-order valence-corrected chi connectivity index (χ0v) is 24.2. The second-order valence-corrected chi connectivity index (χ2v) is 10.5. The van der Waals surface area contributed by atoms with Gasteiger partial charge in [0.25, 0.3) is 0 Å². The summed E-state index contributed by atoms with van der Waals surface area (Å²) in [5.41, 5.74) is 13.3. The molecule has 0 fully saturated rings. The third-order valence-electron chi connectivity index (χ3n) is 5.69. The average molecular weight is 600 g/mol. The monoisotopic (exact) mass is 600 g/mol. The fourth-order valence-corrected chi connectivity index (χ4v) is 5.18. The molecule has 1 N–H and O–H groups in total. The zero-order valence-electron chi connectivity index (χ0n) is 20.9. The Morgan fingerprint density at radius 1 is 0.800 bits per heavy atom. The third-order valence-corrected chi connectivity index (χ3v) is 6.91. The first kappa shape index (κ1) is 31.5. The van der Waals surface area contributed by atoms with Gasteiger partial charge in [-0.3, -0.25) is 0 Å². The molecule has 3 aromatic rings. The number of hydrogen-bond acceptors (Lipinski definition) is 2. The summed E-state index contributed by atoms with van der Waals surface area (Å²) in [7, 11) is 0.750. The Hall–Kier alpha value is -1.56. The van der Waals surface area contributed by atoms with Crippen molar-refractivity contribution in [3.63, 3.8) is 0 Å². The van der Waals surface area contributed by atoms with E-state index in [-0.39, 0.29) is 19.1 Å². The molecule has 0 aromatic heterocycles. The number of nitrogens with zero attached hydrogens (tertiary/aromatic N) is 1. The van der Waals surface area contributed by atoms with E-state index in [4.69, 9.17) is 5.73 Å². The fourth-order valence-electron chi connectivity index (χ4n) is 3.86. The van der Waals surface area contributed by atoms with Crippen LogP contribution in [0.2, 0.25) is 0 Å². The Kier molecular flexibility index (Phi) is 13.4. The first-order valence-corrected chi connectivity index (χ1v) is 15.0. The van der Waals surface area contributed by atoms with Gasteiger partial charge in [0.2, 0.25) is 0 Å². The number of hydrogen-bond donors (Lipinski definition) is 0. The summed E-state index contributed by atoms with van der Waals surface area (Å²) in [4.78, 5) is 0. The van der Waals surface area contributed by atoms with E-state index in [0.717, 1.165) is 22.3 Å².